The van der Waals surface area contributed by atoms with Crippen molar-refractivity contribution in [2.45, 2.75) is 32.1 Å². The van der Waals surface area contributed by atoms with E-state index in [0.29, 0.717) is 18.6 Å². The van der Waals surface area contributed by atoms with Crippen molar-refractivity contribution in [3.8, 4) is 0 Å². The zero-order valence-electron chi connectivity index (χ0n) is 10.3. The van der Waals surface area contributed by atoms with Crippen LogP contribution in [0.1, 0.15) is 30.4 Å². The van der Waals surface area contributed by atoms with Gasteiger partial charge in [0.25, 0.3) is 0 Å². The van der Waals surface area contributed by atoms with E-state index in [1.165, 1.54) is 0 Å². The number of benzene rings is 1. The third kappa shape index (κ3) is 3.47. The molecule has 0 saturated heterocycles. The molecule has 0 fully saturated rings. The highest BCUT2D eigenvalue weighted by Crippen LogP contribution is 2.29. The van der Waals surface area contributed by atoms with Gasteiger partial charge in [-0.05, 0) is 49.1 Å². The van der Waals surface area contributed by atoms with Crippen LogP contribution < -0.4 is 5.32 Å². The van der Waals surface area contributed by atoms with Gasteiger partial charge in [0, 0.05) is 29.4 Å². The van der Waals surface area contributed by atoms with Crippen LogP contribution in [0.5, 0.6) is 0 Å². The number of carbonyl (C=O) groups is 1. The summed E-state index contributed by atoms with van der Waals surface area (Å²) in [5.74, 6) is 0.323. The highest BCUT2D eigenvalue weighted by Gasteiger charge is 2.13. The maximum absolute atomic E-state index is 11.6. The van der Waals surface area contributed by atoms with E-state index in [0.717, 1.165) is 53.5 Å². The number of rotatable bonds is 0. The van der Waals surface area contributed by atoms with Crippen molar-refractivity contribution in [1.82, 2.24) is 5.32 Å². The zero-order chi connectivity index (χ0) is 13.0. The fraction of sp³-hybridized carbons (Fsp3) is 0.500. The fourth-order valence-corrected chi connectivity index (χ4v) is 2.87. The Labute approximate surface area is 118 Å². The molecule has 2 nitrogen and oxygen atoms in total. The summed E-state index contributed by atoms with van der Waals surface area (Å²) in [6.45, 7) is 1.59. The van der Waals surface area contributed by atoms with Crippen LogP contribution in [0.4, 0.5) is 0 Å². The van der Waals surface area contributed by atoms with Gasteiger partial charge in [0.1, 0.15) is 5.78 Å². The smallest absolute Gasteiger partial charge is 0.134 e. The summed E-state index contributed by atoms with van der Waals surface area (Å²) in [6.07, 6.45) is 3.80. The molecule has 0 atom stereocenters. The lowest BCUT2D eigenvalue weighted by atomic mass is 9.98. The minimum atomic E-state index is 0.323. The Morgan fingerprint density at radius 1 is 0.889 bits per heavy atom. The number of halogens is 2. The van der Waals surface area contributed by atoms with Crippen LogP contribution in [0.3, 0.4) is 0 Å². The maximum Gasteiger partial charge on any atom is 0.134 e. The number of Topliss-reactive ketones (excluding diaryl/α,β-unsaturated/α-hetero) is 1. The maximum atomic E-state index is 11.6. The Morgan fingerprint density at radius 3 is 2.22 bits per heavy atom. The van der Waals surface area contributed by atoms with Gasteiger partial charge in [-0.2, -0.15) is 0 Å². The van der Waals surface area contributed by atoms with E-state index in [4.69, 9.17) is 23.2 Å². The number of nitrogens with one attached hydrogen (secondary N) is 1. The molecule has 0 amide bonds. The van der Waals surface area contributed by atoms with E-state index in [-0.39, 0.29) is 0 Å². The molecule has 0 spiro atoms. The molecule has 0 aliphatic carbocycles. The SMILES string of the molecule is O=C1CCCc2c(Cl)ccc(Cl)c2CCNCC1. The minimum absolute atomic E-state index is 0.323. The van der Waals surface area contributed by atoms with E-state index < -0.39 is 0 Å². The number of hydrogen-bond donors (Lipinski definition) is 1. The van der Waals surface area contributed by atoms with E-state index in [1.807, 2.05) is 12.1 Å². The largest absolute Gasteiger partial charge is 0.316 e. The highest BCUT2D eigenvalue weighted by molar-refractivity contribution is 6.34. The summed E-state index contributed by atoms with van der Waals surface area (Å²) in [4.78, 5) is 11.6. The Hall–Kier alpha value is -0.570. The van der Waals surface area contributed by atoms with Crippen molar-refractivity contribution in [3.05, 3.63) is 33.3 Å². The van der Waals surface area contributed by atoms with Gasteiger partial charge >= 0.3 is 0 Å². The van der Waals surface area contributed by atoms with Crippen LogP contribution in [0, 0.1) is 0 Å². The molecule has 0 saturated carbocycles. The molecule has 0 aromatic heterocycles. The van der Waals surface area contributed by atoms with E-state index >= 15 is 0 Å². The van der Waals surface area contributed by atoms with E-state index in [1.54, 1.807) is 0 Å². The van der Waals surface area contributed by atoms with Crippen LogP contribution >= 0.6 is 23.2 Å². The van der Waals surface area contributed by atoms with Gasteiger partial charge in [0.15, 0.2) is 0 Å². The predicted molar refractivity (Wildman–Crippen MR) is 75.6 cm³/mol. The topological polar surface area (TPSA) is 29.1 Å². The lowest BCUT2D eigenvalue weighted by molar-refractivity contribution is -0.119. The molecule has 98 valence electrons. The van der Waals surface area contributed by atoms with Gasteiger partial charge in [0.2, 0.25) is 0 Å². The van der Waals surface area contributed by atoms with E-state index in [9.17, 15) is 4.79 Å². The van der Waals surface area contributed by atoms with Crippen molar-refractivity contribution >= 4 is 29.0 Å². The second-order valence-electron chi connectivity index (χ2n) is 4.63. The van der Waals surface area contributed by atoms with Gasteiger partial charge in [0.05, 0.1) is 0 Å². The van der Waals surface area contributed by atoms with Crippen LogP contribution in [0.15, 0.2) is 12.1 Å². The predicted octanol–water partition coefficient (Wildman–Crippen LogP) is 3.42. The van der Waals surface area contributed by atoms with Crippen LogP contribution in [0.2, 0.25) is 10.0 Å². The zero-order valence-corrected chi connectivity index (χ0v) is 11.8. The van der Waals surface area contributed by atoms with E-state index in [2.05, 4.69) is 5.32 Å². The first-order valence-electron chi connectivity index (χ1n) is 6.36. The number of ketones is 1. The molecule has 0 unspecified atom stereocenters. The second kappa shape index (κ2) is 6.55. The Morgan fingerprint density at radius 2 is 1.50 bits per heavy atom. The van der Waals surface area contributed by atoms with Crippen molar-refractivity contribution in [2.24, 2.45) is 0 Å². The number of hydrogen-bond acceptors (Lipinski definition) is 2. The second-order valence-corrected chi connectivity index (χ2v) is 5.44. The third-order valence-corrected chi connectivity index (χ3v) is 4.04. The number of carbonyl (C=O) groups excluding carboxylic acids is 1. The highest BCUT2D eigenvalue weighted by atomic mass is 35.5. The molecule has 0 radical (unpaired) electrons. The van der Waals surface area contributed by atoms with Crippen LogP contribution in [0.25, 0.3) is 0 Å². The normalized spacial score (nSPS) is 18.0. The Bertz CT molecular complexity index is 446. The molecule has 18 heavy (non-hydrogen) atoms. The van der Waals surface area contributed by atoms with Crippen molar-refractivity contribution in [1.29, 1.82) is 0 Å². The van der Waals surface area contributed by atoms with Gasteiger partial charge in [-0.1, -0.05) is 23.2 Å². The molecule has 1 aromatic carbocycles. The first kappa shape index (κ1) is 13.9. The first-order chi connectivity index (χ1) is 8.68. The summed E-state index contributed by atoms with van der Waals surface area (Å²) < 4.78 is 0. The summed E-state index contributed by atoms with van der Waals surface area (Å²) in [5.41, 5.74) is 2.24. The molecule has 1 aliphatic rings. The first-order valence-corrected chi connectivity index (χ1v) is 7.12. The van der Waals surface area contributed by atoms with Gasteiger partial charge < -0.3 is 5.32 Å². The van der Waals surface area contributed by atoms with Crippen LogP contribution in [-0.4, -0.2) is 18.9 Å². The molecule has 1 heterocycles. The van der Waals surface area contributed by atoms with Gasteiger partial charge in [-0.3, -0.25) is 4.79 Å². The van der Waals surface area contributed by atoms with Gasteiger partial charge in [-0.25, -0.2) is 0 Å². The molecule has 0 bridgehead atoms. The average Bonchev–Trinajstić information content (AvgIpc) is 2.39. The molecular formula is C14H17Cl2NO. The van der Waals surface area contributed by atoms with Crippen molar-refractivity contribution < 1.29 is 4.79 Å². The quantitative estimate of drug-likeness (QED) is 0.791. The van der Waals surface area contributed by atoms with Crippen molar-refractivity contribution in [3.63, 3.8) is 0 Å². The van der Waals surface area contributed by atoms with Crippen molar-refractivity contribution in [2.75, 3.05) is 13.1 Å². The molecule has 1 aliphatic heterocycles. The Kier molecular flexibility index (Phi) is 5.04. The third-order valence-electron chi connectivity index (χ3n) is 3.33. The van der Waals surface area contributed by atoms with Gasteiger partial charge in [-0.15, -0.1) is 0 Å². The molecular weight excluding hydrogens is 269 g/mol. The fourth-order valence-electron chi connectivity index (χ4n) is 2.33. The summed E-state index contributed by atoms with van der Waals surface area (Å²) in [7, 11) is 0. The summed E-state index contributed by atoms with van der Waals surface area (Å²) in [5, 5.41) is 4.82. The minimum Gasteiger partial charge on any atom is -0.316 e. The summed E-state index contributed by atoms with van der Waals surface area (Å²) in [6, 6.07) is 3.70. The molecule has 4 heteroatoms. The molecule has 2 rings (SSSR count). The standard InChI is InChI=1S/C14H17Cl2NO/c15-13-4-5-14(16)12-7-9-17-8-6-10(18)2-1-3-11(12)13/h4-5,17H,1-3,6-9H2. The molecule has 1 N–H and O–H groups in total. The summed E-state index contributed by atoms with van der Waals surface area (Å²) >= 11 is 12.5. The number of fused-ring (bicyclic) bond motifs is 1. The average molecular weight is 286 g/mol. The lowest BCUT2D eigenvalue weighted by Gasteiger charge is -2.13. The monoisotopic (exact) mass is 285 g/mol. The van der Waals surface area contributed by atoms with Crippen LogP contribution in [-0.2, 0) is 17.6 Å². The Balaban J connectivity index is 2.25. The molecule has 1 aromatic rings. The lowest BCUT2D eigenvalue weighted by Crippen LogP contribution is -2.20.